The summed E-state index contributed by atoms with van der Waals surface area (Å²) in [5.74, 6) is -1.17. The highest BCUT2D eigenvalue weighted by Crippen LogP contribution is 2.41. The Morgan fingerprint density at radius 3 is 2.65 bits per heavy atom. The molecule has 1 saturated carbocycles. The van der Waals surface area contributed by atoms with Gasteiger partial charge in [0.1, 0.15) is 6.61 Å². The molecule has 1 heterocycles. The summed E-state index contributed by atoms with van der Waals surface area (Å²) in [5.41, 5.74) is 0.778. The van der Waals surface area contributed by atoms with Crippen LogP contribution in [0.2, 0.25) is 0 Å². The van der Waals surface area contributed by atoms with Crippen LogP contribution in [0.4, 0.5) is 0 Å². The molecule has 1 amide bonds. The maximum Gasteiger partial charge on any atom is 0.335 e. The van der Waals surface area contributed by atoms with Crippen molar-refractivity contribution < 1.29 is 19.4 Å². The van der Waals surface area contributed by atoms with Crippen molar-refractivity contribution in [2.45, 2.75) is 31.0 Å². The van der Waals surface area contributed by atoms with Crippen molar-refractivity contribution in [3.63, 3.8) is 0 Å². The lowest BCUT2D eigenvalue weighted by Crippen LogP contribution is -2.52. The third-order valence-corrected chi connectivity index (χ3v) is 4.39. The quantitative estimate of drug-likeness (QED) is 0.914. The van der Waals surface area contributed by atoms with E-state index in [0.29, 0.717) is 0 Å². The minimum Gasteiger partial charge on any atom is -0.479 e. The first-order chi connectivity index (χ1) is 9.59. The van der Waals surface area contributed by atoms with Gasteiger partial charge in [-0.05, 0) is 24.5 Å². The molecule has 0 aromatic heterocycles. The van der Waals surface area contributed by atoms with Crippen molar-refractivity contribution in [2.75, 3.05) is 6.61 Å². The van der Waals surface area contributed by atoms with Crippen LogP contribution in [0, 0.1) is 0 Å². The lowest BCUT2D eigenvalue weighted by atomic mass is 9.97. The molecule has 0 spiro atoms. The highest BCUT2D eigenvalue weighted by Gasteiger charge is 2.48. The maximum atomic E-state index is 12.1. The summed E-state index contributed by atoms with van der Waals surface area (Å²) in [5, 5.41) is 9.39. The molecule has 6 heteroatoms. The number of halogens is 1. The zero-order chi connectivity index (χ0) is 14.3. The molecule has 5 nitrogen and oxygen atoms in total. The molecular formula is C14H14BrNO4. The van der Waals surface area contributed by atoms with Crippen molar-refractivity contribution in [1.29, 1.82) is 0 Å². The lowest BCUT2D eigenvalue weighted by molar-refractivity contribution is -0.174. The van der Waals surface area contributed by atoms with Crippen molar-refractivity contribution in [3.05, 3.63) is 34.3 Å². The van der Waals surface area contributed by atoms with Crippen molar-refractivity contribution >= 4 is 27.8 Å². The molecule has 3 rings (SSSR count). The molecule has 20 heavy (non-hydrogen) atoms. The van der Waals surface area contributed by atoms with Gasteiger partial charge < -0.3 is 14.7 Å². The van der Waals surface area contributed by atoms with Crippen molar-refractivity contribution in [3.8, 4) is 0 Å². The van der Waals surface area contributed by atoms with E-state index in [9.17, 15) is 14.7 Å². The summed E-state index contributed by atoms with van der Waals surface area (Å²) in [6, 6.07) is 6.95. The first-order valence-electron chi connectivity index (χ1n) is 6.49. The van der Waals surface area contributed by atoms with Gasteiger partial charge in [0.25, 0.3) is 0 Å². The molecule has 1 N–H and O–H groups in total. The van der Waals surface area contributed by atoms with E-state index >= 15 is 0 Å². The zero-order valence-electron chi connectivity index (χ0n) is 10.7. The Labute approximate surface area is 124 Å². The summed E-state index contributed by atoms with van der Waals surface area (Å²) in [7, 11) is 0. The van der Waals surface area contributed by atoms with E-state index in [0.717, 1.165) is 22.9 Å². The fraction of sp³-hybridized carbons (Fsp3) is 0.429. The van der Waals surface area contributed by atoms with Crippen LogP contribution in [0.3, 0.4) is 0 Å². The second-order valence-corrected chi connectivity index (χ2v) is 5.92. The monoisotopic (exact) mass is 339 g/mol. The van der Waals surface area contributed by atoms with Gasteiger partial charge in [0, 0.05) is 10.5 Å². The summed E-state index contributed by atoms with van der Waals surface area (Å²) >= 11 is 3.44. The number of nitrogens with zero attached hydrogens (tertiary/aromatic N) is 1. The fourth-order valence-electron chi connectivity index (χ4n) is 2.65. The summed E-state index contributed by atoms with van der Waals surface area (Å²) in [6.45, 7) is -0.158. The van der Waals surface area contributed by atoms with E-state index in [1.54, 1.807) is 4.90 Å². The van der Waals surface area contributed by atoms with E-state index < -0.39 is 18.1 Å². The normalized spacial score (nSPS) is 26.6. The summed E-state index contributed by atoms with van der Waals surface area (Å²) in [6.07, 6.45) is 0.838. The molecule has 106 valence electrons. The fourth-order valence-corrected chi connectivity index (χ4v) is 3.16. The Hall–Kier alpha value is -1.40. The first-order valence-corrected chi connectivity index (χ1v) is 7.29. The molecule has 1 aliphatic carbocycles. The van der Waals surface area contributed by atoms with E-state index in [2.05, 4.69) is 15.9 Å². The predicted molar refractivity (Wildman–Crippen MR) is 74.1 cm³/mol. The average Bonchev–Trinajstić information content (AvgIpc) is 3.23. The van der Waals surface area contributed by atoms with Gasteiger partial charge in [0.05, 0.1) is 6.04 Å². The maximum absolute atomic E-state index is 12.1. The molecule has 1 aromatic rings. The molecule has 1 aromatic carbocycles. The molecule has 0 radical (unpaired) electrons. The number of benzene rings is 1. The Kier molecular flexibility index (Phi) is 3.52. The van der Waals surface area contributed by atoms with Gasteiger partial charge in [-0.15, -0.1) is 0 Å². The van der Waals surface area contributed by atoms with Gasteiger partial charge in [-0.25, -0.2) is 4.79 Å². The van der Waals surface area contributed by atoms with Crippen LogP contribution in [-0.2, 0) is 14.3 Å². The molecule has 2 atom stereocenters. The SMILES string of the molecule is O=C(O)C1OCC(=O)N(C2CC2)C1c1ccccc1Br. The Bertz CT molecular complexity index is 558. The number of morpholine rings is 1. The standard InChI is InChI=1S/C14H14BrNO4/c15-10-4-2-1-3-9(10)12-13(14(18)19)20-7-11(17)16(12)8-5-6-8/h1-4,8,12-13H,5-7H2,(H,18,19). The van der Waals surface area contributed by atoms with Gasteiger partial charge in [0.2, 0.25) is 5.91 Å². The van der Waals surface area contributed by atoms with Crippen LogP contribution in [0.15, 0.2) is 28.7 Å². The Morgan fingerprint density at radius 2 is 2.05 bits per heavy atom. The van der Waals surface area contributed by atoms with Crippen LogP contribution in [0.5, 0.6) is 0 Å². The molecule has 1 aliphatic heterocycles. The first kappa shape index (κ1) is 13.6. The molecule has 2 aliphatic rings. The summed E-state index contributed by atoms with van der Waals surface area (Å²) in [4.78, 5) is 25.3. The highest BCUT2D eigenvalue weighted by molar-refractivity contribution is 9.10. The largest absolute Gasteiger partial charge is 0.479 e. The molecule has 0 bridgehead atoms. The summed E-state index contributed by atoms with van der Waals surface area (Å²) < 4.78 is 6.06. The number of carbonyl (C=O) groups excluding carboxylic acids is 1. The Morgan fingerprint density at radius 1 is 1.35 bits per heavy atom. The third-order valence-electron chi connectivity index (χ3n) is 3.67. The second kappa shape index (κ2) is 5.18. The van der Waals surface area contributed by atoms with E-state index in [-0.39, 0.29) is 18.6 Å². The smallest absolute Gasteiger partial charge is 0.335 e. The number of aliphatic carboxylic acids is 1. The number of hydrogen-bond donors (Lipinski definition) is 1. The van der Waals surface area contributed by atoms with Crippen LogP contribution < -0.4 is 0 Å². The number of rotatable bonds is 3. The van der Waals surface area contributed by atoms with Crippen LogP contribution >= 0.6 is 15.9 Å². The lowest BCUT2D eigenvalue weighted by Gasteiger charge is -2.40. The third kappa shape index (κ3) is 2.33. The molecular weight excluding hydrogens is 326 g/mol. The number of carboxylic acids is 1. The predicted octanol–water partition coefficient (Wildman–Crippen LogP) is 1.96. The van der Waals surface area contributed by atoms with Crippen LogP contribution in [0.25, 0.3) is 0 Å². The average molecular weight is 340 g/mol. The van der Waals surface area contributed by atoms with Gasteiger partial charge in [0.15, 0.2) is 6.10 Å². The minimum atomic E-state index is -1.04. The molecule has 2 fully saturated rings. The van der Waals surface area contributed by atoms with Crippen LogP contribution in [0.1, 0.15) is 24.4 Å². The van der Waals surface area contributed by atoms with E-state index in [4.69, 9.17) is 4.74 Å². The van der Waals surface area contributed by atoms with Crippen molar-refractivity contribution in [2.24, 2.45) is 0 Å². The topological polar surface area (TPSA) is 66.8 Å². The molecule has 2 unspecified atom stereocenters. The second-order valence-electron chi connectivity index (χ2n) is 5.07. The van der Waals surface area contributed by atoms with Gasteiger partial charge in [-0.3, -0.25) is 4.79 Å². The van der Waals surface area contributed by atoms with Crippen molar-refractivity contribution in [1.82, 2.24) is 4.90 Å². The van der Waals surface area contributed by atoms with E-state index in [1.807, 2.05) is 24.3 Å². The van der Waals surface area contributed by atoms with Gasteiger partial charge >= 0.3 is 5.97 Å². The molecule has 1 saturated heterocycles. The number of hydrogen-bond acceptors (Lipinski definition) is 3. The highest BCUT2D eigenvalue weighted by atomic mass is 79.9. The minimum absolute atomic E-state index is 0.134. The Balaban J connectivity index is 2.05. The van der Waals surface area contributed by atoms with Crippen LogP contribution in [-0.4, -0.2) is 40.6 Å². The number of carbonyl (C=O) groups is 2. The van der Waals surface area contributed by atoms with Gasteiger partial charge in [-0.2, -0.15) is 0 Å². The number of carboxylic acid groups (broad SMARTS) is 1. The number of amides is 1. The number of ether oxygens (including phenoxy) is 1. The van der Waals surface area contributed by atoms with Gasteiger partial charge in [-0.1, -0.05) is 34.1 Å². The zero-order valence-corrected chi connectivity index (χ0v) is 12.2. The van der Waals surface area contributed by atoms with E-state index in [1.165, 1.54) is 0 Å².